The van der Waals surface area contributed by atoms with E-state index in [2.05, 4.69) is 61.5 Å². The van der Waals surface area contributed by atoms with Crippen molar-refractivity contribution in [2.45, 2.75) is 17.7 Å². The van der Waals surface area contributed by atoms with Gasteiger partial charge in [-0.05, 0) is 63.0 Å². The van der Waals surface area contributed by atoms with Crippen LogP contribution in [0.3, 0.4) is 0 Å². The van der Waals surface area contributed by atoms with Crippen molar-refractivity contribution in [1.29, 1.82) is 0 Å². The molecule has 4 heteroatoms. The molecule has 1 unspecified atom stereocenters. The quantitative estimate of drug-likeness (QED) is 0.633. The minimum absolute atomic E-state index is 0.257. The highest BCUT2D eigenvalue weighted by atomic mass is 79.9. The minimum Gasteiger partial charge on any atom is -0.493 e. The molecule has 94 valence electrons. The van der Waals surface area contributed by atoms with Crippen LogP contribution in [0.1, 0.15) is 27.9 Å². The number of hydrogen-bond acceptors (Lipinski definition) is 2. The van der Waals surface area contributed by atoms with E-state index in [1.54, 1.807) is 11.3 Å². The van der Waals surface area contributed by atoms with Gasteiger partial charge in [0.25, 0.3) is 0 Å². The van der Waals surface area contributed by atoms with Gasteiger partial charge in [-0.3, -0.25) is 0 Å². The van der Waals surface area contributed by atoms with Gasteiger partial charge in [-0.1, -0.05) is 28.1 Å². The van der Waals surface area contributed by atoms with Crippen molar-refractivity contribution < 1.29 is 4.74 Å². The van der Waals surface area contributed by atoms with Crippen LogP contribution in [0.2, 0.25) is 0 Å². The number of ether oxygens (including phenoxy) is 1. The van der Waals surface area contributed by atoms with Crippen molar-refractivity contribution in [1.82, 2.24) is 0 Å². The second kappa shape index (κ2) is 5.35. The van der Waals surface area contributed by atoms with Crippen molar-refractivity contribution in [3.8, 4) is 5.75 Å². The molecule has 1 nitrogen and oxygen atoms in total. The van der Waals surface area contributed by atoms with E-state index >= 15 is 0 Å². The highest BCUT2D eigenvalue weighted by molar-refractivity contribution is 9.11. The number of alkyl halides is 1. The van der Waals surface area contributed by atoms with Gasteiger partial charge < -0.3 is 4.74 Å². The summed E-state index contributed by atoms with van der Waals surface area (Å²) in [6, 6.07) is 8.67. The summed E-state index contributed by atoms with van der Waals surface area (Å²) in [5.41, 5.74) is 3.92. The molecule has 0 radical (unpaired) electrons. The Bertz CT molecular complexity index is 565. The predicted octanol–water partition coefficient (Wildman–Crippen LogP) is 5.32. The topological polar surface area (TPSA) is 9.23 Å². The molecular weight excluding hydrogens is 376 g/mol. The third kappa shape index (κ3) is 2.51. The molecule has 0 aliphatic carbocycles. The molecular formula is C14H12Br2OS. The first-order chi connectivity index (χ1) is 8.74. The molecule has 0 bridgehead atoms. The lowest BCUT2D eigenvalue weighted by Gasteiger charge is -2.19. The zero-order valence-electron chi connectivity index (χ0n) is 9.66. The van der Waals surface area contributed by atoms with Crippen LogP contribution in [-0.2, 0) is 6.42 Å². The molecule has 1 aliphatic heterocycles. The molecule has 2 aromatic rings. The minimum atomic E-state index is 0.257. The fourth-order valence-electron chi connectivity index (χ4n) is 2.19. The van der Waals surface area contributed by atoms with Crippen LogP contribution in [0, 0.1) is 0 Å². The molecule has 1 aliphatic rings. The van der Waals surface area contributed by atoms with E-state index in [0.29, 0.717) is 0 Å². The molecule has 18 heavy (non-hydrogen) atoms. The largest absolute Gasteiger partial charge is 0.493 e. The number of fused-ring (bicyclic) bond motifs is 1. The van der Waals surface area contributed by atoms with Crippen LogP contribution < -0.4 is 4.74 Å². The summed E-state index contributed by atoms with van der Waals surface area (Å²) in [5, 5.41) is 2.18. The number of halogens is 2. The van der Waals surface area contributed by atoms with Crippen molar-refractivity contribution in [2.24, 2.45) is 0 Å². The lowest BCUT2D eigenvalue weighted by Crippen LogP contribution is -2.08. The number of benzene rings is 1. The van der Waals surface area contributed by atoms with Crippen molar-refractivity contribution in [2.75, 3.05) is 6.61 Å². The van der Waals surface area contributed by atoms with Crippen LogP contribution in [0.4, 0.5) is 0 Å². The summed E-state index contributed by atoms with van der Waals surface area (Å²) in [5.74, 6) is 1.05. The van der Waals surface area contributed by atoms with Crippen LogP contribution >= 0.6 is 43.2 Å². The van der Waals surface area contributed by atoms with E-state index in [1.807, 2.05) is 0 Å². The second-order valence-corrected chi connectivity index (χ2v) is 7.57. The first kappa shape index (κ1) is 12.7. The SMILES string of the molecule is Brc1cc(C(Br)c2ccc3c(c2)CCCO3)cs1. The summed E-state index contributed by atoms with van der Waals surface area (Å²) >= 11 is 9.01. The first-order valence-corrected chi connectivity index (χ1v) is 8.46. The summed E-state index contributed by atoms with van der Waals surface area (Å²) in [6.45, 7) is 0.849. The summed E-state index contributed by atoms with van der Waals surface area (Å²) in [6.07, 6.45) is 2.24. The zero-order valence-corrected chi connectivity index (χ0v) is 13.6. The Hall–Kier alpha value is -0.320. The van der Waals surface area contributed by atoms with Gasteiger partial charge >= 0.3 is 0 Å². The summed E-state index contributed by atoms with van der Waals surface area (Å²) in [7, 11) is 0. The van der Waals surface area contributed by atoms with E-state index in [-0.39, 0.29) is 4.83 Å². The Labute approximate surface area is 127 Å². The fourth-order valence-corrected chi connectivity index (χ4v) is 4.11. The highest BCUT2D eigenvalue weighted by Crippen LogP contribution is 2.37. The van der Waals surface area contributed by atoms with Crippen LogP contribution in [0.5, 0.6) is 5.75 Å². The van der Waals surface area contributed by atoms with E-state index < -0.39 is 0 Å². The fraction of sp³-hybridized carbons (Fsp3) is 0.286. The van der Waals surface area contributed by atoms with Crippen molar-refractivity contribution in [3.63, 3.8) is 0 Å². The third-order valence-corrected chi connectivity index (χ3v) is 5.69. The monoisotopic (exact) mass is 386 g/mol. The van der Waals surface area contributed by atoms with Gasteiger partial charge in [-0.2, -0.15) is 0 Å². The van der Waals surface area contributed by atoms with Gasteiger partial charge in [-0.25, -0.2) is 0 Å². The Balaban J connectivity index is 1.92. The van der Waals surface area contributed by atoms with Crippen molar-refractivity contribution >= 4 is 43.2 Å². The molecule has 3 rings (SSSR count). The highest BCUT2D eigenvalue weighted by Gasteiger charge is 2.16. The Kier molecular flexibility index (Phi) is 3.78. The Morgan fingerprint density at radius 1 is 1.22 bits per heavy atom. The predicted molar refractivity (Wildman–Crippen MR) is 83.0 cm³/mol. The number of thiophene rings is 1. The maximum atomic E-state index is 5.65. The van der Waals surface area contributed by atoms with E-state index in [9.17, 15) is 0 Å². The lowest BCUT2D eigenvalue weighted by atomic mass is 10.00. The number of hydrogen-bond donors (Lipinski definition) is 0. The molecule has 0 N–H and O–H groups in total. The van der Waals surface area contributed by atoms with E-state index in [1.165, 1.54) is 20.5 Å². The van der Waals surface area contributed by atoms with E-state index in [0.717, 1.165) is 25.2 Å². The molecule has 1 atom stereocenters. The molecule has 0 amide bonds. The van der Waals surface area contributed by atoms with Gasteiger partial charge in [-0.15, -0.1) is 11.3 Å². The maximum Gasteiger partial charge on any atom is 0.122 e. The normalized spacial score (nSPS) is 15.9. The molecule has 0 spiro atoms. The lowest BCUT2D eigenvalue weighted by molar-refractivity contribution is 0.288. The van der Waals surface area contributed by atoms with Gasteiger partial charge in [0.2, 0.25) is 0 Å². The number of rotatable bonds is 2. The first-order valence-electron chi connectivity index (χ1n) is 5.87. The smallest absolute Gasteiger partial charge is 0.122 e. The van der Waals surface area contributed by atoms with Crippen molar-refractivity contribution in [3.05, 3.63) is 50.1 Å². The summed E-state index contributed by atoms with van der Waals surface area (Å²) in [4.78, 5) is 0.257. The molecule has 0 saturated carbocycles. The molecule has 1 aromatic carbocycles. The van der Waals surface area contributed by atoms with Crippen LogP contribution in [-0.4, -0.2) is 6.61 Å². The molecule has 0 saturated heterocycles. The van der Waals surface area contributed by atoms with Gasteiger partial charge in [0.15, 0.2) is 0 Å². The zero-order chi connectivity index (χ0) is 12.5. The van der Waals surface area contributed by atoms with E-state index in [4.69, 9.17) is 4.74 Å². The standard InChI is InChI=1S/C14H12Br2OS/c15-13-7-11(8-18-13)14(16)10-3-4-12-9(6-10)2-1-5-17-12/h3-4,6-8,14H,1-2,5H2. The van der Waals surface area contributed by atoms with Crippen LogP contribution in [0.15, 0.2) is 33.4 Å². The average molecular weight is 388 g/mol. The molecule has 1 aromatic heterocycles. The maximum absolute atomic E-state index is 5.65. The molecule has 0 fully saturated rings. The van der Waals surface area contributed by atoms with Gasteiger partial charge in [0.05, 0.1) is 15.2 Å². The summed E-state index contributed by atoms with van der Waals surface area (Å²) < 4.78 is 6.82. The van der Waals surface area contributed by atoms with Crippen LogP contribution in [0.25, 0.3) is 0 Å². The van der Waals surface area contributed by atoms with Gasteiger partial charge in [0, 0.05) is 0 Å². The third-order valence-electron chi connectivity index (χ3n) is 3.11. The molecule has 2 heterocycles. The Morgan fingerprint density at radius 3 is 2.89 bits per heavy atom. The van der Waals surface area contributed by atoms with Gasteiger partial charge in [0.1, 0.15) is 5.75 Å². The number of aryl methyl sites for hydroxylation is 1. The second-order valence-electron chi connectivity index (χ2n) is 4.37. The average Bonchev–Trinajstić information content (AvgIpc) is 2.84. The Morgan fingerprint density at radius 2 is 2.11 bits per heavy atom.